The molecule has 1 heterocycles. The van der Waals surface area contributed by atoms with Gasteiger partial charge < -0.3 is 15.2 Å². The van der Waals surface area contributed by atoms with Crippen molar-refractivity contribution < 1.29 is 9.47 Å². The average molecular weight is 453 g/mol. The molecule has 0 atom stereocenters. The van der Waals surface area contributed by atoms with Gasteiger partial charge in [-0.1, -0.05) is 47.5 Å². The number of hydrogen-bond donors (Lipinski definition) is 1. The molecule has 4 nitrogen and oxygen atoms in total. The van der Waals surface area contributed by atoms with Crippen molar-refractivity contribution in [1.82, 2.24) is 4.98 Å². The third-order valence-electron chi connectivity index (χ3n) is 5.23. The van der Waals surface area contributed by atoms with Crippen LogP contribution in [0.5, 0.6) is 11.5 Å². The highest BCUT2D eigenvalue weighted by Gasteiger charge is 2.17. The summed E-state index contributed by atoms with van der Waals surface area (Å²) >= 11 is 12.1. The van der Waals surface area contributed by atoms with Crippen LogP contribution in [0.1, 0.15) is 22.4 Å². The number of rotatable bonds is 6. The molecular formula is C25H22Cl2N2O2. The predicted molar refractivity (Wildman–Crippen MR) is 128 cm³/mol. The van der Waals surface area contributed by atoms with Gasteiger partial charge in [0.15, 0.2) is 5.75 Å². The lowest BCUT2D eigenvalue weighted by Crippen LogP contribution is -2.04. The summed E-state index contributed by atoms with van der Waals surface area (Å²) in [4.78, 5) is 5.01. The third kappa shape index (κ3) is 4.55. The second-order valence-electron chi connectivity index (χ2n) is 7.30. The van der Waals surface area contributed by atoms with Crippen molar-refractivity contribution in [3.05, 3.63) is 93.1 Å². The molecule has 6 heteroatoms. The molecule has 0 aliphatic rings. The summed E-state index contributed by atoms with van der Waals surface area (Å²) < 4.78 is 11.2. The number of aromatic nitrogens is 1. The van der Waals surface area contributed by atoms with E-state index in [0.29, 0.717) is 40.1 Å². The molecule has 0 aliphatic heterocycles. The molecule has 0 saturated carbocycles. The summed E-state index contributed by atoms with van der Waals surface area (Å²) in [6.45, 7) is 0. The van der Waals surface area contributed by atoms with Crippen molar-refractivity contribution in [1.29, 1.82) is 0 Å². The fourth-order valence-corrected chi connectivity index (χ4v) is 3.94. The molecule has 0 radical (unpaired) electrons. The Balaban J connectivity index is 1.89. The summed E-state index contributed by atoms with van der Waals surface area (Å²) in [5.74, 6) is 1.21. The fraction of sp³-hybridized carbons (Fsp3) is 0.160. The van der Waals surface area contributed by atoms with Crippen LogP contribution in [-0.2, 0) is 12.8 Å². The van der Waals surface area contributed by atoms with Crippen LogP contribution in [-0.4, -0.2) is 19.2 Å². The van der Waals surface area contributed by atoms with Gasteiger partial charge in [0.1, 0.15) is 11.3 Å². The zero-order valence-corrected chi connectivity index (χ0v) is 18.8. The van der Waals surface area contributed by atoms with Crippen molar-refractivity contribution in [2.75, 3.05) is 20.0 Å². The Morgan fingerprint density at radius 2 is 1.39 bits per heavy atom. The molecule has 2 N–H and O–H groups in total. The molecule has 4 aromatic rings. The van der Waals surface area contributed by atoms with Gasteiger partial charge in [0.05, 0.1) is 19.9 Å². The molecule has 0 fully saturated rings. The molecule has 0 spiro atoms. The lowest BCUT2D eigenvalue weighted by Gasteiger charge is -2.16. The van der Waals surface area contributed by atoms with Crippen LogP contribution >= 0.6 is 23.2 Å². The standard InChI is InChI=1S/C25H22Cl2N2O2/c1-30-23-14-21(28)25(31-2)20-13-17(11-15-3-7-18(26)8-4-15)22(29-24(20)23)12-16-5-9-19(27)10-6-16/h3-10,13-14H,11-12,28H2,1-2H3. The molecule has 0 bridgehead atoms. The zero-order valence-electron chi connectivity index (χ0n) is 17.3. The highest BCUT2D eigenvalue weighted by molar-refractivity contribution is 6.30. The number of pyridine rings is 1. The van der Waals surface area contributed by atoms with E-state index in [0.717, 1.165) is 33.3 Å². The first-order valence-electron chi connectivity index (χ1n) is 9.80. The number of nitrogens with two attached hydrogens (primary N) is 1. The number of benzene rings is 3. The molecule has 158 valence electrons. The second-order valence-corrected chi connectivity index (χ2v) is 8.17. The van der Waals surface area contributed by atoms with E-state index in [9.17, 15) is 0 Å². The molecule has 0 unspecified atom stereocenters. The summed E-state index contributed by atoms with van der Waals surface area (Å²) in [6, 6.07) is 19.5. The average Bonchev–Trinajstić information content (AvgIpc) is 2.77. The first kappa shape index (κ1) is 21.3. The monoisotopic (exact) mass is 452 g/mol. The number of ether oxygens (including phenoxy) is 2. The van der Waals surface area contributed by atoms with E-state index < -0.39 is 0 Å². The Morgan fingerprint density at radius 1 is 0.806 bits per heavy atom. The molecular weight excluding hydrogens is 431 g/mol. The fourth-order valence-electron chi connectivity index (χ4n) is 3.69. The van der Waals surface area contributed by atoms with Gasteiger partial charge in [0, 0.05) is 33.6 Å². The maximum atomic E-state index is 6.21. The van der Waals surface area contributed by atoms with E-state index in [1.54, 1.807) is 20.3 Å². The van der Waals surface area contributed by atoms with Crippen LogP contribution in [0.3, 0.4) is 0 Å². The van der Waals surface area contributed by atoms with Crippen LogP contribution in [0.4, 0.5) is 5.69 Å². The van der Waals surface area contributed by atoms with Crippen LogP contribution in [0.2, 0.25) is 10.0 Å². The Hall–Kier alpha value is -2.95. The Kier molecular flexibility index (Phi) is 6.21. The topological polar surface area (TPSA) is 57.4 Å². The molecule has 0 aliphatic carbocycles. The minimum absolute atomic E-state index is 0.511. The number of halogens is 2. The van der Waals surface area contributed by atoms with E-state index in [1.165, 1.54) is 0 Å². The predicted octanol–water partition coefficient (Wildman–Crippen LogP) is 6.32. The van der Waals surface area contributed by atoms with Crippen LogP contribution < -0.4 is 15.2 Å². The molecule has 1 aromatic heterocycles. The van der Waals surface area contributed by atoms with Crippen molar-refractivity contribution in [3.63, 3.8) is 0 Å². The van der Waals surface area contributed by atoms with Gasteiger partial charge in [-0.25, -0.2) is 4.98 Å². The van der Waals surface area contributed by atoms with E-state index in [4.69, 9.17) is 43.4 Å². The Labute approximate surface area is 191 Å². The number of nitrogen functional groups attached to an aromatic ring is 1. The van der Waals surface area contributed by atoms with Crippen LogP contribution in [0.15, 0.2) is 60.7 Å². The van der Waals surface area contributed by atoms with Gasteiger partial charge >= 0.3 is 0 Å². The van der Waals surface area contributed by atoms with Gasteiger partial charge in [-0.2, -0.15) is 0 Å². The van der Waals surface area contributed by atoms with E-state index in [1.807, 2.05) is 48.5 Å². The summed E-state index contributed by atoms with van der Waals surface area (Å²) in [7, 11) is 3.22. The van der Waals surface area contributed by atoms with Crippen LogP contribution in [0.25, 0.3) is 10.9 Å². The summed E-state index contributed by atoms with van der Waals surface area (Å²) in [5, 5.41) is 2.24. The first-order valence-corrected chi connectivity index (χ1v) is 10.6. The van der Waals surface area contributed by atoms with Gasteiger partial charge in [-0.15, -0.1) is 0 Å². The smallest absolute Gasteiger partial charge is 0.151 e. The minimum Gasteiger partial charge on any atom is -0.494 e. The number of hydrogen-bond acceptors (Lipinski definition) is 4. The number of methoxy groups -OCH3 is 2. The lowest BCUT2D eigenvalue weighted by atomic mass is 9.97. The first-order chi connectivity index (χ1) is 15.0. The van der Waals surface area contributed by atoms with Crippen molar-refractivity contribution in [3.8, 4) is 11.5 Å². The maximum absolute atomic E-state index is 6.21. The Morgan fingerprint density at radius 3 is 1.94 bits per heavy atom. The van der Waals surface area contributed by atoms with Crippen molar-refractivity contribution in [2.24, 2.45) is 0 Å². The molecule has 0 amide bonds. The number of fused-ring (bicyclic) bond motifs is 1. The van der Waals surface area contributed by atoms with E-state index in [2.05, 4.69) is 6.07 Å². The van der Waals surface area contributed by atoms with Crippen molar-refractivity contribution >= 4 is 39.8 Å². The van der Waals surface area contributed by atoms with Gasteiger partial charge in [-0.05, 0) is 53.4 Å². The number of anilines is 1. The summed E-state index contributed by atoms with van der Waals surface area (Å²) in [6.07, 6.45) is 1.36. The highest BCUT2D eigenvalue weighted by atomic mass is 35.5. The van der Waals surface area contributed by atoms with E-state index in [-0.39, 0.29) is 0 Å². The third-order valence-corrected chi connectivity index (χ3v) is 5.74. The van der Waals surface area contributed by atoms with Crippen LogP contribution in [0, 0.1) is 0 Å². The van der Waals surface area contributed by atoms with Gasteiger partial charge in [0.2, 0.25) is 0 Å². The minimum atomic E-state index is 0.511. The van der Waals surface area contributed by atoms with Crippen molar-refractivity contribution in [2.45, 2.75) is 12.8 Å². The van der Waals surface area contributed by atoms with E-state index >= 15 is 0 Å². The largest absolute Gasteiger partial charge is 0.494 e. The highest BCUT2D eigenvalue weighted by Crippen LogP contribution is 2.39. The number of nitrogens with zero attached hydrogens (tertiary/aromatic N) is 1. The molecule has 31 heavy (non-hydrogen) atoms. The second kappa shape index (κ2) is 9.04. The normalized spacial score (nSPS) is 11.0. The molecule has 4 rings (SSSR count). The lowest BCUT2D eigenvalue weighted by molar-refractivity contribution is 0.411. The summed E-state index contributed by atoms with van der Waals surface area (Å²) in [5.41, 5.74) is 11.7. The molecule has 3 aromatic carbocycles. The Bertz CT molecular complexity index is 1220. The SMILES string of the molecule is COc1c(N)cc(OC)c2nc(Cc3ccc(Cl)cc3)c(Cc3ccc(Cl)cc3)cc12. The van der Waals surface area contributed by atoms with Gasteiger partial charge in [0.25, 0.3) is 0 Å². The van der Waals surface area contributed by atoms with Gasteiger partial charge in [-0.3, -0.25) is 0 Å². The maximum Gasteiger partial charge on any atom is 0.151 e. The zero-order chi connectivity index (χ0) is 22.0. The molecule has 0 saturated heterocycles. The quantitative estimate of drug-likeness (QED) is 0.347.